The van der Waals surface area contributed by atoms with Crippen LogP contribution in [0, 0.1) is 0 Å². The second kappa shape index (κ2) is 8.10. The van der Waals surface area contributed by atoms with Gasteiger partial charge >= 0.3 is 0 Å². The molecule has 0 radical (unpaired) electrons. The molecule has 0 unspecified atom stereocenters. The zero-order chi connectivity index (χ0) is 14.2. The first-order valence-corrected chi connectivity index (χ1v) is 7.88. The second-order valence-electron chi connectivity index (χ2n) is 5.42. The summed E-state index contributed by atoms with van der Waals surface area (Å²) in [6.45, 7) is 7.96. The number of hydrogen-bond acceptors (Lipinski definition) is 4. The van der Waals surface area contributed by atoms with Gasteiger partial charge in [-0.3, -0.25) is 0 Å². The third-order valence-electron chi connectivity index (χ3n) is 3.73. The van der Waals surface area contributed by atoms with Gasteiger partial charge in [0, 0.05) is 19.1 Å². The van der Waals surface area contributed by atoms with Crippen LogP contribution in [0.5, 0.6) is 0 Å². The fourth-order valence-electron chi connectivity index (χ4n) is 2.67. The number of nitrogens with one attached hydrogen (secondary N) is 1. The van der Waals surface area contributed by atoms with Gasteiger partial charge in [0.1, 0.15) is 5.82 Å². The van der Waals surface area contributed by atoms with Crippen LogP contribution in [0.2, 0.25) is 0 Å². The lowest BCUT2D eigenvalue weighted by molar-refractivity contribution is 0.122. The maximum Gasteiger partial charge on any atom is 0.128 e. The molecule has 1 N–H and O–H groups in total. The molecule has 0 saturated carbocycles. The summed E-state index contributed by atoms with van der Waals surface area (Å²) >= 11 is 0. The van der Waals surface area contributed by atoms with Crippen molar-refractivity contribution in [2.24, 2.45) is 0 Å². The molecule has 0 aromatic carbocycles. The fraction of sp³-hybridized carbons (Fsp3) is 0.688. The summed E-state index contributed by atoms with van der Waals surface area (Å²) in [4.78, 5) is 6.86. The SMILES string of the molecule is CCCC(CCC)Nc1ccc(N2CCOCC2)nc1. The highest BCUT2D eigenvalue weighted by Gasteiger charge is 2.12. The molecular formula is C16H27N3O. The van der Waals surface area contributed by atoms with Gasteiger partial charge < -0.3 is 15.0 Å². The molecular weight excluding hydrogens is 250 g/mol. The Balaban J connectivity index is 1.92. The van der Waals surface area contributed by atoms with E-state index in [-0.39, 0.29) is 0 Å². The summed E-state index contributed by atoms with van der Waals surface area (Å²) in [7, 11) is 0. The standard InChI is InChI=1S/C16H27N3O/c1-3-5-14(6-4-2)18-15-7-8-16(17-13-15)19-9-11-20-12-10-19/h7-8,13-14,18H,3-6,9-12H2,1-2H3. The Kier molecular flexibility index (Phi) is 6.12. The maximum absolute atomic E-state index is 5.37. The first-order valence-electron chi connectivity index (χ1n) is 7.88. The van der Waals surface area contributed by atoms with E-state index in [4.69, 9.17) is 4.74 Å². The molecule has 112 valence electrons. The molecule has 1 fully saturated rings. The summed E-state index contributed by atoms with van der Waals surface area (Å²) in [5.74, 6) is 1.06. The second-order valence-corrected chi connectivity index (χ2v) is 5.42. The fourth-order valence-corrected chi connectivity index (χ4v) is 2.67. The van der Waals surface area contributed by atoms with Crippen LogP contribution in [0.15, 0.2) is 18.3 Å². The number of ether oxygens (including phenoxy) is 1. The minimum atomic E-state index is 0.570. The van der Waals surface area contributed by atoms with Crippen molar-refractivity contribution in [2.45, 2.75) is 45.6 Å². The Bertz CT molecular complexity index is 368. The predicted molar refractivity (Wildman–Crippen MR) is 84.5 cm³/mol. The monoisotopic (exact) mass is 277 g/mol. The van der Waals surface area contributed by atoms with Crippen molar-refractivity contribution in [2.75, 3.05) is 36.5 Å². The lowest BCUT2D eigenvalue weighted by Crippen LogP contribution is -2.36. The van der Waals surface area contributed by atoms with E-state index in [1.165, 1.54) is 25.7 Å². The molecule has 4 heteroatoms. The number of anilines is 2. The Labute approximate surface area is 122 Å². The van der Waals surface area contributed by atoms with Crippen molar-refractivity contribution in [3.63, 3.8) is 0 Å². The Hall–Kier alpha value is -1.29. The van der Waals surface area contributed by atoms with E-state index in [0.717, 1.165) is 37.8 Å². The molecule has 0 bridgehead atoms. The van der Waals surface area contributed by atoms with Crippen molar-refractivity contribution < 1.29 is 4.74 Å². The quantitative estimate of drug-likeness (QED) is 0.830. The molecule has 1 aromatic heterocycles. The lowest BCUT2D eigenvalue weighted by Gasteiger charge is -2.28. The Morgan fingerprint density at radius 1 is 1.20 bits per heavy atom. The molecule has 20 heavy (non-hydrogen) atoms. The molecule has 2 heterocycles. The highest BCUT2D eigenvalue weighted by molar-refractivity contribution is 5.49. The van der Waals surface area contributed by atoms with Crippen molar-refractivity contribution in [3.8, 4) is 0 Å². The third-order valence-corrected chi connectivity index (χ3v) is 3.73. The minimum absolute atomic E-state index is 0.570. The molecule has 2 rings (SSSR count). The molecule has 0 spiro atoms. The molecule has 1 saturated heterocycles. The van der Waals surface area contributed by atoms with E-state index in [9.17, 15) is 0 Å². The van der Waals surface area contributed by atoms with Gasteiger partial charge in [0.25, 0.3) is 0 Å². The van der Waals surface area contributed by atoms with Gasteiger partial charge in [-0.25, -0.2) is 4.98 Å². The van der Waals surface area contributed by atoms with Gasteiger partial charge in [-0.15, -0.1) is 0 Å². The normalized spacial score (nSPS) is 15.7. The molecule has 4 nitrogen and oxygen atoms in total. The summed E-state index contributed by atoms with van der Waals surface area (Å²) < 4.78 is 5.37. The first kappa shape index (κ1) is 15.1. The molecule has 0 amide bonds. The van der Waals surface area contributed by atoms with Gasteiger partial charge in [-0.05, 0) is 25.0 Å². The van der Waals surface area contributed by atoms with Crippen molar-refractivity contribution in [3.05, 3.63) is 18.3 Å². The molecule has 0 atom stereocenters. The molecule has 1 aromatic rings. The zero-order valence-electron chi connectivity index (χ0n) is 12.8. The Morgan fingerprint density at radius 3 is 2.45 bits per heavy atom. The third kappa shape index (κ3) is 4.37. The van der Waals surface area contributed by atoms with Crippen LogP contribution in [-0.4, -0.2) is 37.3 Å². The van der Waals surface area contributed by atoms with E-state index in [1.807, 2.05) is 6.20 Å². The first-order chi connectivity index (χ1) is 9.83. The van der Waals surface area contributed by atoms with Crippen LogP contribution in [0.3, 0.4) is 0 Å². The maximum atomic E-state index is 5.37. The van der Waals surface area contributed by atoms with Crippen LogP contribution < -0.4 is 10.2 Å². The summed E-state index contributed by atoms with van der Waals surface area (Å²) in [5, 5.41) is 3.61. The highest BCUT2D eigenvalue weighted by atomic mass is 16.5. The molecule has 1 aliphatic rings. The number of nitrogens with zero attached hydrogens (tertiary/aromatic N) is 2. The largest absolute Gasteiger partial charge is 0.381 e. The van der Waals surface area contributed by atoms with E-state index in [1.54, 1.807) is 0 Å². The number of rotatable bonds is 7. The summed E-state index contributed by atoms with van der Waals surface area (Å²) in [6.07, 6.45) is 6.84. The van der Waals surface area contributed by atoms with Crippen molar-refractivity contribution in [1.29, 1.82) is 0 Å². The number of hydrogen-bond donors (Lipinski definition) is 1. The van der Waals surface area contributed by atoms with E-state index < -0.39 is 0 Å². The Morgan fingerprint density at radius 2 is 1.90 bits per heavy atom. The molecule has 1 aliphatic heterocycles. The van der Waals surface area contributed by atoms with Crippen LogP contribution >= 0.6 is 0 Å². The van der Waals surface area contributed by atoms with Gasteiger partial charge in [-0.2, -0.15) is 0 Å². The van der Waals surface area contributed by atoms with Gasteiger partial charge in [0.2, 0.25) is 0 Å². The average Bonchev–Trinajstić information content (AvgIpc) is 2.49. The lowest BCUT2D eigenvalue weighted by atomic mass is 10.1. The van der Waals surface area contributed by atoms with E-state index >= 15 is 0 Å². The minimum Gasteiger partial charge on any atom is -0.381 e. The highest BCUT2D eigenvalue weighted by Crippen LogP contribution is 2.18. The van der Waals surface area contributed by atoms with Crippen molar-refractivity contribution >= 4 is 11.5 Å². The smallest absolute Gasteiger partial charge is 0.128 e. The number of aromatic nitrogens is 1. The average molecular weight is 277 g/mol. The van der Waals surface area contributed by atoms with Gasteiger partial charge in [0.15, 0.2) is 0 Å². The number of morpholine rings is 1. The van der Waals surface area contributed by atoms with Gasteiger partial charge in [-0.1, -0.05) is 26.7 Å². The van der Waals surface area contributed by atoms with Crippen LogP contribution in [0.25, 0.3) is 0 Å². The number of pyridine rings is 1. The van der Waals surface area contributed by atoms with Crippen molar-refractivity contribution in [1.82, 2.24) is 4.98 Å². The van der Waals surface area contributed by atoms with Crippen LogP contribution in [0.1, 0.15) is 39.5 Å². The predicted octanol–water partition coefficient (Wildman–Crippen LogP) is 3.30. The van der Waals surface area contributed by atoms with Crippen LogP contribution in [0.4, 0.5) is 11.5 Å². The van der Waals surface area contributed by atoms with Gasteiger partial charge in [0.05, 0.1) is 25.1 Å². The van der Waals surface area contributed by atoms with E-state index in [2.05, 4.69) is 41.2 Å². The van der Waals surface area contributed by atoms with Crippen LogP contribution in [-0.2, 0) is 4.74 Å². The van der Waals surface area contributed by atoms with E-state index in [0.29, 0.717) is 6.04 Å². The zero-order valence-corrected chi connectivity index (χ0v) is 12.8. The topological polar surface area (TPSA) is 37.4 Å². The molecule has 0 aliphatic carbocycles. The summed E-state index contributed by atoms with van der Waals surface area (Å²) in [6, 6.07) is 4.83. The summed E-state index contributed by atoms with van der Waals surface area (Å²) in [5.41, 5.74) is 1.13.